The first kappa shape index (κ1) is 21.1. The summed E-state index contributed by atoms with van der Waals surface area (Å²) >= 11 is 0. The Labute approximate surface area is 182 Å². The van der Waals surface area contributed by atoms with Crippen LogP contribution in [0.1, 0.15) is 19.3 Å². The van der Waals surface area contributed by atoms with Crippen LogP contribution in [0.25, 0.3) is 0 Å². The minimum absolute atomic E-state index is 0.0138. The smallest absolute Gasteiger partial charge is 0.316 e. The van der Waals surface area contributed by atoms with E-state index >= 15 is 0 Å². The van der Waals surface area contributed by atoms with Crippen molar-refractivity contribution in [1.29, 1.82) is 0 Å². The number of carbonyl (C=O) groups is 2. The molecule has 2 amide bonds. The average Bonchev–Trinajstić information content (AvgIpc) is 3.17. The van der Waals surface area contributed by atoms with Crippen molar-refractivity contribution in [1.82, 2.24) is 19.8 Å². The first-order valence-electron chi connectivity index (χ1n) is 10.8. The number of hydrogen-bond acceptors (Lipinski definition) is 6. The molecule has 8 heteroatoms. The second-order valence-electron chi connectivity index (χ2n) is 8.14. The van der Waals surface area contributed by atoms with E-state index in [1.807, 2.05) is 40.1 Å². The van der Waals surface area contributed by atoms with Gasteiger partial charge in [-0.1, -0.05) is 18.2 Å². The zero-order valence-corrected chi connectivity index (χ0v) is 17.6. The average molecular weight is 425 g/mol. The highest BCUT2D eigenvalue weighted by Gasteiger charge is 2.33. The van der Waals surface area contributed by atoms with Gasteiger partial charge in [-0.15, -0.1) is 0 Å². The lowest BCUT2D eigenvalue weighted by Crippen LogP contribution is -2.43. The van der Waals surface area contributed by atoms with E-state index in [1.54, 1.807) is 18.5 Å². The molecule has 0 bridgehead atoms. The third-order valence-corrected chi connectivity index (χ3v) is 5.84. The zero-order chi connectivity index (χ0) is 21.5. The summed E-state index contributed by atoms with van der Waals surface area (Å²) in [5.41, 5.74) is 0. The van der Waals surface area contributed by atoms with Crippen LogP contribution >= 0.6 is 0 Å². The summed E-state index contributed by atoms with van der Waals surface area (Å²) < 4.78 is 11.2. The fourth-order valence-corrected chi connectivity index (χ4v) is 4.12. The van der Waals surface area contributed by atoms with Crippen LogP contribution < -0.4 is 9.47 Å². The van der Waals surface area contributed by atoms with Crippen LogP contribution in [-0.4, -0.2) is 71.0 Å². The molecule has 2 aliphatic rings. The van der Waals surface area contributed by atoms with E-state index in [0.29, 0.717) is 50.3 Å². The zero-order valence-electron chi connectivity index (χ0n) is 17.6. The van der Waals surface area contributed by atoms with Crippen molar-refractivity contribution in [3.8, 4) is 11.8 Å². The van der Waals surface area contributed by atoms with Gasteiger partial charge in [0.2, 0.25) is 5.91 Å². The van der Waals surface area contributed by atoms with Gasteiger partial charge in [-0.25, -0.2) is 9.97 Å². The van der Waals surface area contributed by atoms with Gasteiger partial charge in [-0.3, -0.25) is 9.59 Å². The third-order valence-electron chi connectivity index (χ3n) is 5.84. The van der Waals surface area contributed by atoms with Gasteiger partial charge in [0.25, 0.3) is 5.91 Å². The van der Waals surface area contributed by atoms with E-state index in [-0.39, 0.29) is 24.3 Å². The van der Waals surface area contributed by atoms with Crippen molar-refractivity contribution in [2.24, 2.45) is 11.8 Å². The van der Waals surface area contributed by atoms with Crippen LogP contribution in [0.2, 0.25) is 0 Å². The molecule has 2 fully saturated rings. The molecule has 8 nitrogen and oxygen atoms in total. The van der Waals surface area contributed by atoms with Crippen LogP contribution in [0.5, 0.6) is 11.8 Å². The number of hydrogen-bond donors (Lipinski definition) is 0. The van der Waals surface area contributed by atoms with Gasteiger partial charge >= 0.3 is 6.01 Å². The maximum atomic E-state index is 12.4. The largest absolute Gasteiger partial charge is 0.484 e. The number of ether oxygens (including phenoxy) is 2. The Balaban J connectivity index is 1.16. The van der Waals surface area contributed by atoms with E-state index in [9.17, 15) is 9.59 Å². The number of nitrogens with zero attached hydrogens (tertiary/aromatic N) is 4. The van der Waals surface area contributed by atoms with Crippen LogP contribution in [0.15, 0.2) is 48.8 Å². The van der Waals surface area contributed by atoms with Gasteiger partial charge in [0.15, 0.2) is 6.61 Å². The van der Waals surface area contributed by atoms with Crippen molar-refractivity contribution < 1.29 is 19.1 Å². The lowest BCUT2D eigenvalue weighted by Gasteiger charge is -2.34. The molecule has 4 rings (SSSR count). The van der Waals surface area contributed by atoms with Crippen LogP contribution in [0.4, 0.5) is 0 Å². The first-order valence-corrected chi connectivity index (χ1v) is 10.8. The Kier molecular flexibility index (Phi) is 6.96. The molecule has 1 unspecified atom stereocenters. The number of likely N-dealkylation sites (tertiary alicyclic amines) is 2. The quantitative estimate of drug-likeness (QED) is 0.645. The summed E-state index contributed by atoms with van der Waals surface area (Å²) in [7, 11) is 0. The molecular formula is C23H28N4O4. The highest BCUT2D eigenvalue weighted by Crippen LogP contribution is 2.24. The molecule has 2 saturated heterocycles. The Morgan fingerprint density at radius 1 is 1.00 bits per heavy atom. The fraction of sp³-hybridized carbons (Fsp3) is 0.478. The molecule has 1 aromatic carbocycles. The predicted octanol–water partition coefficient (Wildman–Crippen LogP) is 2.02. The summed E-state index contributed by atoms with van der Waals surface area (Å²) in [5, 5.41) is 0. The normalized spacial score (nSPS) is 19.5. The van der Waals surface area contributed by atoms with Gasteiger partial charge < -0.3 is 19.3 Å². The highest BCUT2D eigenvalue weighted by molar-refractivity contribution is 5.79. The van der Waals surface area contributed by atoms with Crippen LogP contribution in [-0.2, 0) is 9.59 Å². The summed E-state index contributed by atoms with van der Waals surface area (Å²) in [5.74, 6) is 1.47. The molecule has 0 radical (unpaired) electrons. The van der Waals surface area contributed by atoms with E-state index in [2.05, 4.69) is 9.97 Å². The third kappa shape index (κ3) is 5.93. The molecular weight excluding hydrogens is 396 g/mol. The Hall–Kier alpha value is -3.16. The maximum absolute atomic E-state index is 12.4. The Morgan fingerprint density at radius 3 is 2.48 bits per heavy atom. The van der Waals surface area contributed by atoms with E-state index < -0.39 is 0 Å². The topological polar surface area (TPSA) is 84.9 Å². The monoisotopic (exact) mass is 424 g/mol. The van der Waals surface area contributed by atoms with Crippen molar-refractivity contribution in [3.63, 3.8) is 0 Å². The molecule has 0 saturated carbocycles. The molecule has 3 heterocycles. The van der Waals surface area contributed by atoms with E-state index in [1.165, 1.54) is 0 Å². The maximum Gasteiger partial charge on any atom is 0.316 e. The van der Waals surface area contributed by atoms with E-state index in [4.69, 9.17) is 9.47 Å². The lowest BCUT2D eigenvalue weighted by atomic mass is 9.96. The molecule has 31 heavy (non-hydrogen) atoms. The van der Waals surface area contributed by atoms with Gasteiger partial charge in [0, 0.05) is 50.9 Å². The molecule has 0 spiro atoms. The van der Waals surface area contributed by atoms with Crippen molar-refractivity contribution >= 4 is 11.8 Å². The van der Waals surface area contributed by atoms with Crippen molar-refractivity contribution in [3.05, 3.63) is 48.8 Å². The summed E-state index contributed by atoms with van der Waals surface area (Å²) in [6.45, 7) is 3.38. The fourth-order valence-electron chi connectivity index (χ4n) is 4.12. The predicted molar refractivity (Wildman–Crippen MR) is 113 cm³/mol. The van der Waals surface area contributed by atoms with Gasteiger partial charge in [-0.05, 0) is 37.0 Å². The number of para-hydroxylation sites is 1. The Morgan fingerprint density at radius 2 is 1.74 bits per heavy atom. The number of benzene rings is 1. The highest BCUT2D eigenvalue weighted by atomic mass is 16.5. The molecule has 164 valence electrons. The number of aromatic nitrogens is 2. The standard InChI is InChI=1S/C23H28N4O4/c28-21-13-19(16-31-23-24-9-4-10-25-23)15-27(21)14-18-7-11-26(12-8-18)22(29)17-30-20-5-2-1-3-6-20/h1-6,9-10,18-19H,7-8,11-17H2. The number of rotatable bonds is 8. The van der Waals surface area contributed by atoms with Crippen molar-refractivity contribution in [2.45, 2.75) is 19.3 Å². The summed E-state index contributed by atoms with van der Waals surface area (Å²) in [4.78, 5) is 36.7. The molecule has 1 aromatic heterocycles. The van der Waals surface area contributed by atoms with Crippen LogP contribution in [0.3, 0.4) is 0 Å². The SMILES string of the molecule is O=C(COc1ccccc1)N1CCC(CN2CC(COc3ncccn3)CC2=O)CC1. The summed E-state index contributed by atoms with van der Waals surface area (Å²) in [6.07, 6.45) is 5.58. The second kappa shape index (κ2) is 10.2. The van der Waals surface area contributed by atoms with Crippen LogP contribution in [0, 0.1) is 11.8 Å². The first-order chi connectivity index (χ1) is 15.2. The molecule has 1 atom stereocenters. The minimum atomic E-state index is 0.0138. The lowest BCUT2D eigenvalue weighted by molar-refractivity contribution is -0.135. The summed E-state index contributed by atoms with van der Waals surface area (Å²) in [6, 6.07) is 11.5. The number of piperidine rings is 1. The minimum Gasteiger partial charge on any atom is -0.484 e. The van der Waals surface area contributed by atoms with Gasteiger partial charge in [-0.2, -0.15) is 0 Å². The molecule has 2 aromatic rings. The second-order valence-corrected chi connectivity index (χ2v) is 8.14. The number of carbonyl (C=O) groups excluding carboxylic acids is 2. The van der Waals surface area contributed by atoms with Gasteiger partial charge in [0.1, 0.15) is 5.75 Å². The number of amides is 2. The molecule has 0 N–H and O–H groups in total. The molecule has 2 aliphatic heterocycles. The van der Waals surface area contributed by atoms with Gasteiger partial charge in [0.05, 0.1) is 6.61 Å². The van der Waals surface area contributed by atoms with E-state index in [0.717, 1.165) is 19.4 Å². The Bertz CT molecular complexity index is 856. The molecule has 0 aliphatic carbocycles. The van der Waals surface area contributed by atoms with Crippen molar-refractivity contribution in [2.75, 3.05) is 39.4 Å².